The first-order valence-electron chi connectivity index (χ1n) is 9.14. The topological polar surface area (TPSA) is 62.3 Å². The summed E-state index contributed by atoms with van der Waals surface area (Å²) in [5.74, 6) is 1.51. The van der Waals surface area contributed by atoms with E-state index in [9.17, 15) is 4.79 Å². The molecule has 2 aromatic carbocycles. The summed E-state index contributed by atoms with van der Waals surface area (Å²) in [5.41, 5.74) is 2.61. The second-order valence-corrected chi connectivity index (χ2v) is 7.17. The van der Waals surface area contributed by atoms with E-state index in [2.05, 4.69) is 34.3 Å². The average Bonchev–Trinajstić information content (AvgIpc) is 2.74. The van der Waals surface area contributed by atoms with Crippen LogP contribution in [0.1, 0.15) is 24.1 Å². The molecular formula is C21H22N4O2S. The van der Waals surface area contributed by atoms with Crippen LogP contribution in [0.4, 0.5) is 5.82 Å². The molecule has 7 heteroatoms. The summed E-state index contributed by atoms with van der Waals surface area (Å²) in [6.07, 6.45) is 0. The number of hydrogen-bond acceptors (Lipinski definition) is 5. The SMILES string of the molecule is COc1ccc(-n2c3c(c(=O)[nH]c2=S)CN([C@@H](C)c2ccccc2)CN3)cc1. The molecule has 1 aliphatic rings. The molecule has 0 spiro atoms. The lowest BCUT2D eigenvalue weighted by Crippen LogP contribution is -2.40. The lowest BCUT2D eigenvalue weighted by atomic mass is 10.1. The smallest absolute Gasteiger partial charge is 0.258 e. The van der Waals surface area contributed by atoms with Crippen LogP contribution >= 0.6 is 12.2 Å². The first-order chi connectivity index (χ1) is 13.6. The highest BCUT2D eigenvalue weighted by Crippen LogP contribution is 2.29. The van der Waals surface area contributed by atoms with E-state index in [1.54, 1.807) is 7.11 Å². The average molecular weight is 395 g/mol. The minimum Gasteiger partial charge on any atom is -0.497 e. The molecular weight excluding hydrogens is 372 g/mol. The summed E-state index contributed by atoms with van der Waals surface area (Å²) in [5, 5.41) is 3.41. The van der Waals surface area contributed by atoms with Crippen LogP contribution in [-0.4, -0.2) is 28.2 Å². The third-order valence-electron chi connectivity index (χ3n) is 5.18. The highest BCUT2D eigenvalue weighted by atomic mass is 32.1. The van der Waals surface area contributed by atoms with Crippen molar-refractivity contribution >= 4 is 18.0 Å². The van der Waals surface area contributed by atoms with Crippen LogP contribution in [0, 0.1) is 4.77 Å². The summed E-state index contributed by atoms with van der Waals surface area (Å²) in [6, 6.07) is 18.1. The molecule has 28 heavy (non-hydrogen) atoms. The van der Waals surface area contributed by atoms with Crippen molar-refractivity contribution in [3.63, 3.8) is 0 Å². The molecule has 1 atom stereocenters. The minimum atomic E-state index is -0.151. The predicted molar refractivity (Wildman–Crippen MR) is 113 cm³/mol. The summed E-state index contributed by atoms with van der Waals surface area (Å²) in [4.78, 5) is 17.7. The van der Waals surface area contributed by atoms with Crippen molar-refractivity contribution in [1.82, 2.24) is 14.5 Å². The fraction of sp³-hybridized carbons (Fsp3) is 0.238. The third kappa shape index (κ3) is 3.34. The molecule has 0 fully saturated rings. The van der Waals surface area contributed by atoms with E-state index in [-0.39, 0.29) is 11.6 Å². The number of hydrogen-bond donors (Lipinski definition) is 2. The molecule has 0 amide bonds. The van der Waals surface area contributed by atoms with E-state index < -0.39 is 0 Å². The van der Waals surface area contributed by atoms with Crippen molar-refractivity contribution < 1.29 is 4.74 Å². The van der Waals surface area contributed by atoms with Gasteiger partial charge in [-0.05, 0) is 49.0 Å². The molecule has 0 saturated carbocycles. The molecule has 1 aliphatic heterocycles. The zero-order valence-electron chi connectivity index (χ0n) is 15.8. The molecule has 144 valence electrons. The normalized spacial score (nSPS) is 14.8. The number of fused-ring (bicyclic) bond motifs is 1. The molecule has 2 heterocycles. The second kappa shape index (κ2) is 7.61. The van der Waals surface area contributed by atoms with Gasteiger partial charge in [-0.3, -0.25) is 19.2 Å². The Morgan fingerprint density at radius 1 is 1.11 bits per heavy atom. The fourth-order valence-electron chi connectivity index (χ4n) is 3.53. The standard InChI is InChI=1S/C21H22N4O2S/c1-14(15-6-4-3-5-7-15)24-12-18-19(22-13-24)25(21(28)23-20(18)26)16-8-10-17(27-2)11-9-16/h3-11,14,22H,12-13H2,1-2H3,(H,23,26,28)/t14-/m0/s1. The zero-order valence-corrected chi connectivity index (χ0v) is 16.6. The Morgan fingerprint density at radius 3 is 2.50 bits per heavy atom. The highest BCUT2D eigenvalue weighted by Gasteiger charge is 2.26. The first kappa shape index (κ1) is 18.5. The van der Waals surface area contributed by atoms with Gasteiger partial charge in [-0.25, -0.2) is 0 Å². The molecule has 0 bridgehead atoms. The van der Waals surface area contributed by atoms with E-state index in [0.717, 1.165) is 17.3 Å². The maximum atomic E-state index is 12.7. The number of aromatic amines is 1. The maximum absolute atomic E-state index is 12.7. The molecule has 4 rings (SSSR count). The number of ether oxygens (including phenoxy) is 1. The minimum absolute atomic E-state index is 0.151. The van der Waals surface area contributed by atoms with Gasteiger partial charge in [0.15, 0.2) is 4.77 Å². The molecule has 0 aliphatic carbocycles. The van der Waals surface area contributed by atoms with Crippen LogP contribution < -0.4 is 15.6 Å². The van der Waals surface area contributed by atoms with Crippen molar-refractivity contribution in [2.75, 3.05) is 19.1 Å². The van der Waals surface area contributed by atoms with Gasteiger partial charge in [-0.1, -0.05) is 30.3 Å². The van der Waals surface area contributed by atoms with Crippen LogP contribution in [0.2, 0.25) is 0 Å². The van der Waals surface area contributed by atoms with Crippen LogP contribution in [0.25, 0.3) is 5.69 Å². The van der Waals surface area contributed by atoms with Gasteiger partial charge in [0.05, 0.1) is 25.0 Å². The number of nitrogens with zero attached hydrogens (tertiary/aromatic N) is 2. The Hall–Kier alpha value is -2.90. The quantitative estimate of drug-likeness (QED) is 0.658. The van der Waals surface area contributed by atoms with Gasteiger partial charge in [0, 0.05) is 12.6 Å². The van der Waals surface area contributed by atoms with Gasteiger partial charge >= 0.3 is 0 Å². The van der Waals surface area contributed by atoms with E-state index in [0.29, 0.717) is 23.5 Å². The van der Waals surface area contributed by atoms with E-state index >= 15 is 0 Å². The Balaban J connectivity index is 1.72. The van der Waals surface area contributed by atoms with Gasteiger partial charge in [0.25, 0.3) is 5.56 Å². The molecule has 0 radical (unpaired) electrons. The highest BCUT2D eigenvalue weighted by molar-refractivity contribution is 7.71. The zero-order chi connectivity index (χ0) is 19.7. The number of rotatable bonds is 4. The largest absolute Gasteiger partial charge is 0.497 e. The second-order valence-electron chi connectivity index (χ2n) is 6.79. The van der Waals surface area contributed by atoms with Crippen molar-refractivity contribution in [1.29, 1.82) is 0 Å². The van der Waals surface area contributed by atoms with E-state index in [1.807, 2.05) is 47.0 Å². The molecule has 1 aromatic heterocycles. The fourth-order valence-corrected chi connectivity index (χ4v) is 3.82. The Morgan fingerprint density at radius 2 is 1.82 bits per heavy atom. The van der Waals surface area contributed by atoms with E-state index in [1.165, 1.54) is 5.56 Å². The number of H-pyrrole nitrogens is 1. The Labute approximate surface area is 168 Å². The first-order valence-corrected chi connectivity index (χ1v) is 9.55. The summed E-state index contributed by atoms with van der Waals surface area (Å²) in [6.45, 7) is 3.31. The summed E-state index contributed by atoms with van der Waals surface area (Å²) < 4.78 is 7.47. The number of anilines is 1. The van der Waals surface area contributed by atoms with Gasteiger partial charge in [0.2, 0.25) is 0 Å². The molecule has 2 N–H and O–H groups in total. The monoisotopic (exact) mass is 394 g/mol. The number of methoxy groups -OCH3 is 1. The summed E-state index contributed by atoms with van der Waals surface area (Å²) >= 11 is 5.45. The van der Waals surface area contributed by atoms with Crippen molar-refractivity contribution in [3.8, 4) is 11.4 Å². The van der Waals surface area contributed by atoms with Crippen LogP contribution in [0.15, 0.2) is 59.4 Å². The number of aromatic nitrogens is 2. The van der Waals surface area contributed by atoms with Crippen molar-refractivity contribution in [3.05, 3.63) is 80.8 Å². The van der Waals surface area contributed by atoms with Crippen molar-refractivity contribution in [2.24, 2.45) is 0 Å². The van der Waals surface area contributed by atoms with Crippen LogP contribution in [-0.2, 0) is 6.54 Å². The van der Waals surface area contributed by atoms with Crippen LogP contribution in [0.5, 0.6) is 5.75 Å². The Kier molecular flexibility index (Phi) is 5.02. The van der Waals surface area contributed by atoms with Gasteiger partial charge in [0.1, 0.15) is 11.6 Å². The number of benzene rings is 2. The predicted octanol–water partition coefficient (Wildman–Crippen LogP) is 3.85. The van der Waals surface area contributed by atoms with E-state index in [4.69, 9.17) is 17.0 Å². The van der Waals surface area contributed by atoms with Crippen LogP contribution in [0.3, 0.4) is 0 Å². The summed E-state index contributed by atoms with van der Waals surface area (Å²) in [7, 11) is 1.63. The third-order valence-corrected chi connectivity index (χ3v) is 5.46. The molecule has 3 aromatic rings. The van der Waals surface area contributed by atoms with Gasteiger partial charge in [-0.15, -0.1) is 0 Å². The van der Waals surface area contributed by atoms with Crippen molar-refractivity contribution in [2.45, 2.75) is 19.5 Å². The van der Waals surface area contributed by atoms with Gasteiger partial charge < -0.3 is 10.1 Å². The lowest BCUT2D eigenvalue weighted by molar-refractivity contribution is 0.207. The van der Waals surface area contributed by atoms with Gasteiger partial charge in [-0.2, -0.15) is 0 Å². The number of nitrogens with one attached hydrogen (secondary N) is 2. The molecule has 0 saturated heterocycles. The Bertz CT molecular complexity index is 1090. The molecule has 6 nitrogen and oxygen atoms in total. The molecule has 0 unspecified atom stereocenters. The lowest BCUT2D eigenvalue weighted by Gasteiger charge is -2.35. The maximum Gasteiger partial charge on any atom is 0.258 e.